The number of allylic oxidation sites excluding steroid dienone is 4. The number of hydrogen-bond acceptors (Lipinski definition) is 4. The van der Waals surface area contributed by atoms with E-state index in [9.17, 15) is 9.59 Å². The molecule has 0 radical (unpaired) electrons. The second-order valence-corrected chi connectivity index (χ2v) is 7.64. The number of nitrogens with zero attached hydrogens (tertiary/aromatic N) is 3. The van der Waals surface area contributed by atoms with Gasteiger partial charge in [-0.3, -0.25) is 14.2 Å². The van der Waals surface area contributed by atoms with Crippen LogP contribution in [-0.4, -0.2) is 32.2 Å². The first-order valence-electron chi connectivity index (χ1n) is 8.77. The lowest BCUT2D eigenvalue weighted by Crippen LogP contribution is -2.40. The fraction of sp³-hybridized carbons (Fsp3) is 0.350. The van der Waals surface area contributed by atoms with Gasteiger partial charge in [-0.1, -0.05) is 44.0 Å². The number of fused-ring (bicyclic) bond motifs is 1. The van der Waals surface area contributed by atoms with Gasteiger partial charge in [0.1, 0.15) is 0 Å². The number of carbonyl (C=O) groups excluding carboxylic acids is 1. The molecule has 1 amide bonds. The average molecular weight is 369 g/mol. The molecule has 1 aromatic rings. The molecule has 1 fully saturated rings. The first-order chi connectivity index (χ1) is 12.6. The summed E-state index contributed by atoms with van der Waals surface area (Å²) in [6, 6.07) is 0. The van der Waals surface area contributed by atoms with Gasteiger partial charge < -0.3 is 4.90 Å². The maximum atomic E-state index is 13.3. The van der Waals surface area contributed by atoms with Crippen molar-refractivity contribution in [3.63, 3.8) is 0 Å². The van der Waals surface area contributed by atoms with E-state index in [4.69, 9.17) is 4.98 Å². The molecule has 0 unspecified atom stereocenters. The second-order valence-electron chi connectivity index (χ2n) is 6.38. The van der Waals surface area contributed by atoms with Crippen LogP contribution in [0, 0.1) is 0 Å². The van der Waals surface area contributed by atoms with Crippen molar-refractivity contribution >= 4 is 23.4 Å². The van der Waals surface area contributed by atoms with Crippen molar-refractivity contribution < 1.29 is 4.79 Å². The van der Waals surface area contributed by atoms with E-state index in [0.717, 1.165) is 18.5 Å². The maximum absolute atomic E-state index is 13.3. The molecule has 2 aliphatic rings. The SMILES string of the molecule is C=C/C=C(\C=C)n1c(SC2CCC2)nc2c(c1=O)CN(C(=O)C=C)CC2. The van der Waals surface area contributed by atoms with Crippen LogP contribution in [0.25, 0.3) is 5.70 Å². The highest BCUT2D eigenvalue weighted by Gasteiger charge is 2.28. The van der Waals surface area contributed by atoms with Crippen LogP contribution in [0.15, 0.2) is 54.0 Å². The van der Waals surface area contributed by atoms with Crippen LogP contribution < -0.4 is 5.56 Å². The third-order valence-electron chi connectivity index (χ3n) is 4.77. The maximum Gasteiger partial charge on any atom is 0.264 e. The summed E-state index contributed by atoms with van der Waals surface area (Å²) >= 11 is 1.66. The molecule has 5 nitrogen and oxygen atoms in total. The zero-order valence-corrected chi connectivity index (χ0v) is 15.6. The van der Waals surface area contributed by atoms with Crippen molar-refractivity contribution in [2.75, 3.05) is 6.54 Å². The van der Waals surface area contributed by atoms with E-state index < -0.39 is 0 Å². The van der Waals surface area contributed by atoms with Gasteiger partial charge >= 0.3 is 0 Å². The van der Waals surface area contributed by atoms with Crippen LogP contribution in [0.1, 0.15) is 30.5 Å². The molecule has 0 spiro atoms. The van der Waals surface area contributed by atoms with Crippen molar-refractivity contribution in [2.45, 2.75) is 42.6 Å². The van der Waals surface area contributed by atoms with Gasteiger partial charge in [0.05, 0.1) is 23.5 Å². The van der Waals surface area contributed by atoms with Gasteiger partial charge in [-0.15, -0.1) is 0 Å². The average Bonchev–Trinajstić information content (AvgIpc) is 2.62. The molecule has 1 aliphatic heterocycles. The van der Waals surface area contributed by atoms with E-state index in [-0.39, 0.29) is 18.0 Å². The van der Waals surface area contributed by atoms with E-state index in [1.54, 1.807) is 39.5 Å². The van der Waals surface area contributed by atoms with Gasteiger partial charge in [-0.05, 0) is 31.1 Å². The van der Waals surface area contributed by atoms with Crippen LogP contribution in [0.2, 0.25) is 0 Å². The Balaban J connectivity index is 2.10. The van der Waals surface area contributed by atoms with Crippen LogP contribution >= 0.6 is 11.8 Å². The quantitative estimate of drug-likeness (QED) is 0.439. The Bertz CT molecular complexity index is 849. The highest BCUT2D eigenvalue weighted by atomic mass is 32.2. The molecule has 0 N–H and O–H groups in total. The van der Waals surface area contributed by atoms with Crippen molar-refractivity contribution in [1.82, 2.24) is 14.5 Å². The smallest absolute Gasteiger partial charge is 0.264 e. The molecule has 0 bridgehead atoms. The topological polar surface area (TPSA) is 55.2 Å². The number of rotatable bonds is 6. The van der Waals surface area contributed by atoms with Gasteiger partial charge in [0.25, 0.3) is 5.56 Å². The molecule has 2 heterocycles. The summed E-state index contributed by atoms with van der Waals surface area (Å²) < 4.78 is 1.61. The highest BCUT2D eigenvalue weighted by Crippen LogP contribution is 2.36. The lowest BCUT2D eigenvalue weighted by Gasteiger charge is -2.30. The number of aromatic nitrogens is 2. The van der Waals surface area contributed by atoms with Crippen molar-refractivity contribution in [2.24, 2.45) is 0 Å². The molecule has 1 aliphatic carbocycles. The van der Waals surface area contributed by atoms with Crippen molar-refractivity contribution in [3.8, 4) is 0 Å². The van der Waals surface area contributed by atoms with E-state index in [2.05, 4.69) is 19.7 Å². The molecule has 136 valence electrons. The Labute approximate surface area is 157 Å². The predicted octanol–water partition coefficient (Wildman–Crippen LogP) is 3.17. The summed E-state index contributed by atoms with van der Waals surface area (Å²) in [5.74, 6) is -0.167. The molecule has 0 atom stereocenters. The molecule has 26 heavy (non-hydrogen) atoms. The number of thioether (sulfide) groups is 1. The zero-order valence-electron chi connectivity index (χ0n) is 14.8. The molecule has 0 saturated heterocycles. The van der Waals surface area contributed by atoms with Crippen LogP contribution in [0.3, 0.4) is 0 Å². The van der Waals surface area contributed by atoms with E-state index in [0.29, 0.717) is 34.6 Å². The Morgan fingerprint density at radius 3 is 2.58 bits per heavy atom. The lowest BCUT2D eigenvalue weighted by molar-refractivity contribution is -0.126. The Hall–Kier alpha value is -2.34. The van der Waals surface area contributed by atoms with Gasteiger partial charge in [-0.25, -0.2) is 4.98 Å². The zero-order chi connectivity index (χ0) is 18.7. The third-order valence-corrected chi connectivity index (χ3v) is 6.05. The molecular formula is C20H23N3O2S. The van der Waals surface area contributed by atoms with Crippen LogP contribution in [-0.2, 0) is 17.8 Å². The Kier molecular flexibility index (Phi) is 5.61. The Morgan fingerprint density at radius 2 is 2.00 bits per heavy atom. The number of hydrogen-bond donors (Lipinski definition) is 0. The van der Waals surface area contributed by atoms with Gasteiger partial charge in [0.2, 0.25) is 5.91 Å². The molecular weight excluding hydrogens is 346 g/mol. The van der Waals surface area contributed by atoms with Gasteiger partial charge in [0.15, 0.2) is 5.16 Å². The van der Waals surface area contributed by atoms with Crippen LogP contribution in [0.4, 0.5) is 0 Å². The van der Waals surface area contributed by atoms with E-state index >= 15 is 0 Å². The first-order valence-corrected chi connectivity index (χ1v) is 9.65. The van der Waals surface area contributed by atoms with Gasteiger partial charge in [-0.2, -0.15) is 0 Å². The minimum atomic E-state index is -0.167. The van der Waals surface area contributed by atoms with Gasteiger partial charge in [0, 0.05) is 18.2 Å². The van der Waals surface area contributed by atoms with E-state index in [1.165, 1.54) is 12.5 Å². The largest absolute Gasteiger partial charge is 0.334 e. The third kappa shape index (κ3) is 3.46. The monoisotopic (exact) mass is 369 g/mol. The highest BCUT2D eigenvalue weighted by molar-refractivity contribution is 7.99. The molecule has 0 aromatic carbocycles. The summed E-state index contributed by atoms with van der Waals surface area (Å²) in [5.41, 5.74) is 1.88. The standard InChI is InChI=1S/C20H23N3O2S/c1-4-8-14(5-2)23-19(25)16-13-22(18(24)6-3)12-11-17(16)21-20(23)26-15-9-7-10-15/h4-6,8,15H,1-3,7,9-13H2/b14-8+. The molecule has 3 rings (SSSR count). The minimum Gasteiger partial charge on any atom is -0.334 e. The number of carbonyl (C=O) groups is 1. The van der Waals surface area contributed by atoms with E-state index in [1.807, 2.05) is 0 Å². The molecule has 1 saturated carbocycles. The predicted molar refractivity (Wildman–Crippen MR) is 106 cm³/mol. The summed E-state index contributed by atoms with van der Waals surface area (Å²) in [4.78, 5) is 31.7. The Morgan fingerprint density at radius 1 is 1.23 bits per heavy atom. The van der Waals surface area contributed by atoms with Crippen LogP contribution in [0.5, 0.6) is 0 Å². The lowest BCUT2D eigenvalue weighted by atomic mass is 10.0. The fourth-order valence-corrected chi connectivity index (χ4v) is 4.39. The van der Waals surface area contributed by atoms with Crippen molar-refractivity contribution in [1.29, 1.82) is 0 Å². The van der Waals surface area contributed by atoms with Crippen molar-refractivity contribution in [3.05, 3.63) is 65.7 Å². The second kappa shape index (κ2) is 7.91. The normalized spacial score (nSPS) is 17.2. The number of amides is 1. The first kappa shape index (κ1) is 18.5. The fourth-order valence-electron chi connectivity index (χ4n) is 3.07. The summed E-state index contributed by atoms with van der Waals surface area (Å²) in [5, 5.41) is 1.21. The molecule has 6 heteroatoms. The summed E-state index contributed by atoms with van der Waals surface area (Å²) in [6.45, 7) is 11.9. The summed E-state index contributed by atoms with van der Waals surface area (Å²) in [6.07, 6.45) is 10.4. The summed E-state index contributed by atoms with van der Waals surface area (Å²) in [7, 11) is 0. The minimum absolute atomic E-state index is 0.133. The molecule has 1 aromatic heterocycles.